The van der Waals surface area contributed by atoms with E-state index >= 15 is 0 Å². The van der Waals surface area contributed by atoms with Crippen LogP contribution < -0.4 is 4.74 Å². The predicted octanol–water partition coefficient (Wildman–Crippen LogP) is 4.23. The van der Waals surface area contributed by atoms with Crippen LogP contribution in [0.25, 0.3) is 0 Å². The molecule has 0 bridgehead atoms. The number of benzene rings is 1. The van der Waals surface area contributed by atoms with E-state index in [0.29, 0.717) is 10.0 Å². The molecule has 0 amide bonds. The van der Waals surface area contributed by atoms with Gasteiger partial charge in [-0.05, 0) is 54.9 Å². The van der Waals surface area contributed by atoms with E-state index in [-0.39, 0.29) is 5.75 Å². The average molecular weight is 372 g/mol. The molecule has 0 saturated carbocycles. The fourth-order valence-electron chi connectivity index (χ4n) is 1.07. The van der Waals surface area contributed by atoms with Gasteiger partial charge in [0.25, 0.3) is 0 Å². The summed E-state index contributed by atoms with van der Waals surface area (Å²) < 4.78 is 55.4. The van der Waals surface area contributed by atoms with Crippen LogP contribution in [0.4, 0.5) is 13.2 Å². The molecular weight excluding hydrogens is 359 g/mol. The Hall–Kier alpha value is -0.890. The minimum Gasteiger partial charge on any atom is -0.406 e. The largest absolute Gasteiger partial charge is 0.573 e. The van der Waals surface area contributed by atoms with Gasteiger partial charge in [-0.2, -0.15) is 4.40 Å². The van der Waals surface area contributed by atoms with E-state index in [1.54, 1.807) is 20.8 Å². The minimum atomic E-state index is -4.73. The highest BCUT2D eigenvalue weighted by atomic mass is 79.9. The fraction of sp³-hybridized carbons (Fsp3) is 0.417. The molecule has 0 N–H and O–H groups in total. The summed E-state index contributed by atoms with van der Waals surface area (Å²) in [7, 11) is -1.43. The number of alkyl halides is 3. The molecule has 1 aromatic rings. The standard InChI is InChI=1S/C12H13BrF3NO2S/c1-11(2,3)20(18)17-7-8-4-5-9(6-10(8)13)19-12(14,15)16/h4-7H,1-3H3/t20-/m1/s1. The molecule has 0 aliphatic rings. The Morgan fingerprint density at radius 3 is 2.35 bits per heavy atom. The molecule has 1 atom stereocenters. The van der Waals surface area contributed by atoms with Crippen molar-refractivity contribution in [2.24, 2.45) is 4.40 Å². The molecule has 0 radical (unpaired) electrons. The summed E-state index contributed by atoms with van der Waals surface area (Å²) in [6.07, 6.45) is -3.38. The lowest BCUT2D eigenvalue weighted by molar-refractivity contribution is -0.274. The molecule has 0 saturated heterocycles. The molecule has 3 nitrogen and oxygen atoms in total. The molecule has 1 rings (SSSR count). The second kappa shape index (κ2) is 6.26. The maximum Gasteiger partial charge on any atom is 0.573 e. The highest BCUT2D eigenvalue weighted by Crippen LogP contribution is 2.27. The summed E-state index contributed by atoms with van der Waals surface area (Å²) in [5.41, 5.74) is 0.511. The topological polar surface area (TPSA) is 38.7 Å². The van der Waals surface area contributed by atoms with Crippen molar-refractivity contribution in [3.8, 4) is 5.75 Å². The first kappa shape index (κ1) is 17.2. The smallest absolute Gasteiger partial charge is 0.406 e. The number of ether oxygens (including phenoxy) is 1. The monoisotopic (exact) mass is 371 g/mol. The van der Waals surface area contributed by atoms with E-state index < -0.39 is 22.1 Å². The van der Waals surface area contributed by atoms with Crippen molar-refractivity contribution in [1.29, 1.82) is 0 Å². The normalized spacial score (nSPS) is 14.6. The molecule has 0 aliphatic heterocycles. The second-order valence-corrected chi connectivity index (χ2v) is 7.62. The molecule has 0 aliphatic carbocycles. The summed E-state index contributed by atoms with van der Waals surface area (Å²) in [4.78, 5) is 0. The minimum absolute atomic E-state index is 0.335. The average Bonchev–Trinajstić information content (AvgIpc) is 2.23. The Balaban J connectivity index is 2.89. The van der Waals surface area contributed by atoms with Crippen LogP contribution in [0.1, 0.15) is 26.3 Å². The fourth-order valence-corrected chi connectivity index (χ4v) is 2.06. The Morgan fingerprint density at radius 1 is 1.30 bits per heavy atom. The van der Waals surface area contributed by atoms with Crippen molar-refractivity contribution in [2.45, 2.75) is 31.9 Å². The predicted molar refractivity (Wildman–Crippen MR) is 76.3 cm³/mol. The zero-order valence-corrected chi connectivity index (χ0v) is 13.4. The van der Waals surface area contributed by atoms with E-state index in [1.165, 1.54) is 24.4 Å². The quantitative estimate of drug-likeness (QED) is 0.745. The lowest BCUT2D eigenvalue weighted by Crippen LogP contribution is -2.19. The van der Waals surface area contributed by atoms with Crippen LogP contribution in [0.5, 0.6) is 5.75 Å². The van der Waals surface area contributed by atoms with Crippen molar-refractivity contribution in [2.75, 3.05) is 0 Å². The SMILES string of the molecule is CC(C)(C)[S@@](=O)N=Cc1ccc(OC(F)(F)F)cc1Br. The molecular formula is C12H13BrF3NO2S. The van der Waals surface area contributed by atoms with Gasteiger partial charge in [-0.25, -0.2) is 4.21 Å². The molecule has 112 valence electrons. The highest BCUT2D eigenvalue weighted by molar-refractivity contribution is 9.10. The summed E-state index contributed by atoms with van der Waals surface area (Å²) in [6, 6.07) is 3.74. The Bertz CT molecular complexity index is 538. The molecule has 8 heteroatoms. The Kier molecular flexibility index (Phi) is 5.37. The number of rotatable bonds is 3. The van der Waals surface area contributed by atoms with Gasteiger partial charge >= 0.3 is 6.36 Å². The van der Waals surface area contributed by atoms with Crippen molar-refractivity contribution in [3.63, 3.8) is 0 Å². The molecule has 0 fully saturated rings. The number of nitrogens with zero attached hydrogens (tertiary/aromatic N) is 1. The lowest BCUT2D eigenvalue weighted by Gasteiger charge is -2.13. The van der Waals surface area contributed by atoms with Crippen LogP contribution in [-0.2, 0) is 11.0 Å². The molecule has 0 unspecified atom stereocenters. The summed E-state index contributed by atoms with van der Waals surface area (Å²) in [6.45, 7) is 5.32. The number of halogens is 4. The third-order valence-electron chi connectivity index (χ3n) is 2.02. The van der Waals surface area contributed by atoms with E-state index in [4.69, 9.17) is 0 Å². The molecule has 0 spiro atoms. The maximum absolute atomic E-state index is 12.1. The first-order valence-corrected chi connectivity index (χ1v) is 7.40. The van der Waals surface area contributed by atoms with Crippen LogP contribution >= 0.6 is 15.9 Å². The molecule has 20 heavy (non-hydrogen) atoms. The van der Waals surface area contributed by atoms with E-state index in [2.05, 4.69) is 25.1 Å². The number of hydrogen-bond donors (Lipinski definition) is 0. The Morgan fingerprint density at radius 2 is 1.90 bits per heavy atom. The maximum atomic E-state index is 12.1. The van der Waals surface area contributed by atoms with Gasteiger partial charge in [0.15, 0.2) is 0 Å². The first-order valence-electron chi connectivity index (χ1n) is 5.50. The van der Waals surface area contributed by atoms with Gasteiger partial charge in [0.2, 0.25) is 0 Å². The lowest BCUT2D eigenvalue weighted by atomic mass is 10.2. The molecule has 0 aromatic heterocycles. The highest BCUT2D eigenvalue weighted by Gasteiger charge is 2.31. The van der Waals surface area contributed by atoms with Gasteiger partial charge in [0.05, 0.1) is 4.75 Å². The van der Waals surface area contributed by atoms with Crippen molar-refractivity contribution < 1.29 is 22.1 Å². The third kappa shape index (κ3) is 5.62. The molecule has 0 heterocycles. The third-order valence-corrected chi connectivity index (χ3v) is 4.05. The summed E-state index contributed by atoms with van der Waals surface area (Å²) in [5.74, 6) is -0.335. The van der Waals surface area contributed by atoms with Crippen molar-refractivity contribution >= 4 is 33.1 Å². The van der Waals surface area contributed by atoms with Crippen LogP contribution in [-0.4, -0.2) is 21.5 Å². The van der Waals surface area contributed by atoms with Crippen LogP contribution in [0, 0.1) is 0 Å². The van der Waals surface area contributed by atoms with Crippen LogP contribution in [0.3, 0.4) is 0 Å². The van der Waals surface area contributed by atoms with Gasteiger partial charge in [-0.1, -0.05) is 0 Å². The van der Waals surface area contributed by atoms with Gasteiger partial charge in [0.1, 0.15) is 16.7 Å². The summed E-state index contributed by atoms with van der Waals surface area (Å²) in [5, 5.41) is 0. The first-order chi connectivity index (χ1) is 8.99. The van der Waals surface area contributed by atoms with E-state index in [0.717, 1.165) is 0 Å². The number of hydrogen-bond acceptors (Lipinski definition) is 2. The van der Waals surface area contributed by atoms with Crippen molar-refractivity contribution in [3.05, 3.63) is 28.2 Å². The zero-order valence-electron chi connectivity index (χ0n) is 11.0. The van der Waals surface area contributed by atoms with E-state index in [9.17, 15) is 17.4 Å². The van der Waals surface area contributed by atoms with Crippen LogP contribution in [0.2, 0.25) is 0 Å². The van der Waals surface area contributed by atoms with Gasteiger partial charge in [-0.15, -0.1) is 13.2 Å². The van der Waals surface area contributed by atoms with Gasteiger partial charge < -0.3 is 4.74 Å². The van der Waals surface area contributed by atoms with E-state index in [1.807, 2.05) is 0 Å². The summed E-state index contributed by atoms with van der Waals surface area (Å²) >= 11 is 3.12. The zero-order chi connectivity index (χ0) is 15.6. The van der Waals surface area contributed by atoms with Crippen LogP contribution in [0.15, 0.2) is 27.1 Å². The van der Waals surface area contributed by atoms with Crippen molar-refractivity contribution in [1.82, 2.24) is 0 Å². The van der Waals surface area contributed by atoms with Gasteiger partial charge in [-0.3, -0.25) is 0 Å². The Labute approximate surface area is 126 Å². The second-order valence-electron chi connectivity index (χ2n) is 4.83. The molecule has 1 aromatic carbocycles. The van der Waals surface area contributed by atoms with Gasteiger partial charge in [0, 0.05) is 16.3 Å².